The lowest BCUT2D eigenvalue weighted by atomic mass is 10.0. The van der Waals surface area contributed by atoms with Gasteiger partial charge in [0, 0.05) is 6.04 Å². The molecule has 10 heavy (non-hydrogen) atoms. The van der Waals surface area contributed by atoms with Crippen molar-refractivity contribution >= 4 is 12.8 Å². The highest BCUT2D eigenvalue weighted by atomic mass is 32.1. The molecular formula is C8H17NS. The molecule has 0 saturated carbocycles. The molecule has 0 saturated heterocycles. The summed E-state index contributed by atoms with van der Waals surface area (Å²) in [6.45, 7) is 8.10. The molecule has 0 bridgehead atoms. The van der Waals surface area contributed by atoms with Crippen LogP contribution in [0.2, 0.25) is 0 Å². The Kier molecular flexibility index (Phi) is 5.84. The van der Waals surface area contributed by atoms with Crippen LogP contribution in [0.15, 0.2) is 12.7 Å². The van der Waals surface area contributed by atoms with Gasteiger partial charge in [0.2, 0.25) is 0 Å². The van der Waals surface area contributed by atoms with E-state index < -0.39 is 0 Å². The van der Waals surface area contributed by atoms with Crippen molar-refractivity contribution in [1.82, 2.24) is 4.72 Å². The normalized spacial score (nSPS) is 13.6. The highest BCUT2D eigenvalue weighted by Gasteiger charge is 2.05. The van der Waals surface area contributed by atoms with Crippen LogP contribution in [0.25, 0.3) is 0 Å². The highest BCUT2D eigenvalue weighted by Crippen LogP contribution is 2.08. The molecule has 0 spiro atoms. The minimum Gasteiger partial charge on any atom is -0.263 e. The molecule has 60 valence electrons. The molecule has 0 aromatic rings. The molecule has 0 radical (unpaired) electrons. The summed E-state index contributed by atoms with van der Waals surface area (Å²) in [6, 6.07) is 0.487. The Hall–Kier alpha value is 0.0500. The van der Waals surface area contributed by atoms with E-state index in [0.29, 0.717) is 6.04 Å². The Labute approximate surface area is 69.4 Å². The van der Waals surface area contributed by atoms with E-state index in [1.54, 1.807) is 0 Å². The average Bonchev–Trinajstić information content (AvgIpc) is 1.86. The Morgan fingerprint density at radius 2 is 2.20 bits per heavy atom. The molecule has 0 aliphatic rings. The monoisotopic (exact) mass is 159 g/mol. The van der Waals surface area contributed by atoms with Crippen LogP contribution in [0.5, 0.6) is 0 Å². The third-order valence-corrected chi connectivity index (χ3v) is 1.75. The fraction of sp³-hybridized carbons (Fsp3) is 0.750. The Balaban J connectivity index is 3.48. The second-order valence-electron chi connectivity index (χ2n) is 2.98. The maximum Gasteiger partial charge on any atom is 0.0206 e. The van der Waals surface area contributed by atoms with Crippen LogP contribution in [0.3, 0.4) is 0 Å². The summed E-state index contributed by atoms with van der Waals surface area (Å²) >= 11 is 4.03. The van der Waals surface area contributed by atoms with Crippen LogP contribution in [-0.2, 0) is 0 Å². The van der Waals surface area contributed by atoms with E-state index in [9.17, 15) is 0 Å². The molecule has 0 aromatic carbocycles. The molecule has 1 unspecified atom stereocenters. The summed E-state index contributed by atoms with van der Waals surface area (Å²) in [5, 5.41) is 0. The molecule has 1 atom stereocenters. The van der Waals surface area contributed by atoms with E-state index in [0.717, 1.165) is 18.8 Å². The van der Waals surface area contributed by atoms with Crippen molar-refractivity contribution in [2.24, 2.45) is 5.92 Å². The van der Waals surface area contributed by atoms with E-state index in [1.807, 2.05) is 6.08 Å². The maximum atomic E-state index is 4.03. The van der Waals surface area contributed by atoms with Crippen LogP contribution in [0, 0.1) is 5.92 Å². The summed E-state index contributed by atoms with van der Waals surface area (Å²) in [5.41, 5.74) is 0. The molecule has 1 N–H and O–H groups in total. The van der Waals surface area contributed by atoms with Gasteiger partial charge >= 0.3 is 0 Å². The first kappa shape index (κ1) is 10.0. The molecule has 0 aliphatic carbocycles. The van der Waals surface area contributed by atoms with Crippen LogP contribution in [-0.4, -0.2) is 6.04 Å². The third kappa shape index (κ3) is 4.89. The second-order valence-corrected chi connectivity index (χ2v) is 3.24. The van der Waals surface area contributed by atoms with Gasteiger partial charge in [0.25, 0.3) is 0 Å². The zero-order chi connectivity index (χ0) is 7.98. The minimum absolute atomic E-state index is 0.487. The fourth-order valence-corrected chi connectivity index (χ4v) is 1.18. The molecular weight excluding hydrogens is 142 g/mol. The van der Waals surface area contributed by atoms with Gasteiger partial charge in [0.1, 0.15) is 0 Å². The maximum absolute atomic E-state index is 4.03. The van der Waals surface area contributed by atoms with Crippen molar-refractivity contribution in [3.8, 4) is 0 Å². The number of hydrogen-bond donors (Lipinski definition) is 2. The number of thiol groups is 1. The van der Waals surface area contributed by atoms with Gasteiger partial charge in [-0.05, 0) is 18.8 Å². The van der Waals surface area contributed by atoms with Gasteiger partial charge in [-0.15, -0.1) is 6.58 Å². The van der Waals surface area contributed by atoms with Crippen molar-refractivity contribution in [3.05, 3.63) is 12.7 Å². The van der Waals surface area contributed by atoms with Gasteiger partial charge in [0.05, 0.1) is 0 Å². The standard InChI is InChI=1S/C8H17NS/c1-4-5-8(9-10)6-7(2)3/h4,7-10H,1,5-6H2,2-3H3. The lowest BCUT2D eigenvalue weighted by Gasteiger charge is -2.14. The van der Waals surface area contributed by atoms with Crippen LogP contribution in [0.4, 0.5) is 0 Å². The zero-order valence-electron chi connectivity index (χ0n) is 6.80. The minimum atomic E-state index is 0.487. The molecule has 2 heteroatoms. The topological polar surface area (TPSA) is 12.0 Å². The molecule has 0 aromatic heterocycles. The first-order valence-electron chi connectivity index (χ1n) is 3.71. The summed E-state index contributed by atoms with van der Waals surface area (Å²) < 4.78 is 2.96. The van der Waals surface area contributed by atoms with Gasteiger partial charge < -0.3 is 0 Å². The predicted octanol–water partition coefficient (Wildman–Crippen LogP) is 2.41. The molecule has 0 rings (SSSR count). The lowest BCUT2D eigenvalue weighted by molar-refractivity contribution is 0.480. The Morgan fingerprint density at radius 3 is 2.50 bits per heavy atom. The average molecular weight is 159 g/mol. The Bertz CT molecular complexity index is 91.3. The van der Waals surface area contributed by atoms with Gasteiger partial charge in [-0.1, -0.05) is 32.7 Å². The molecule has 0 aliphatic heterocycles. The van der Waals surface area contributed by atoms with Crippen LogP contribution < -0.4 is 4.72 Å². The van der Waals surface area contributed by atoms with Crippen molar-refractivity contribution in [2.75, 3.05) is 0 Å². The van der Waals surface area contributed by atoms with Gasteiger partial charge in [-0.25, -0.2) is 0 Å². The van der Waals surface area contributed by atoms with E-state index in [1.165, 1.54) is 0 Å². The van der Waals surface area contributed by atoms with Crippen LogP contribution >= 0.6 is 12.8 Å². The van der Waals surface area contributed by atoms with Crippen molar-refractivity contribution in [3.63, 3.8) is 0 Å². The highest BCUT2D eigenvalue weighted by molar-refractivity contribution is 7.78. The van der Waals surface area contributed by atoms with Crippen LogP contribution in [0.1, 0.15) is 26.7 Å². The quantitative estimate of drug-likeness (QED) is 0.464. The van der Waals surface area contributed by atoms with E-state index in [-0.39, 0.29) is 0 Å². The predicted molar refractivity (Wildman–Crippen MR) is 50.2 cm³/mol. The summed E-state index contributed by atoms with van der Waals surface area (Å²) in [7, 11) is 0. The second kappa shape index (κ2) is 5.81. The zero-order valence-corrected chi connectivity index (χ0v) is 7.70. The van der Waals surface area contributed by atoms with Crippen molar-refractivity contribution in [1.29, 1.82) is 0 Å². The van der Waals surface area contributed by atoms with Crippen molar-refractivity contribution in [2.45, 2.75) is 32.7 Å². The number of nitrogens with one attached hydrogen (secondary N) is 1. The summed E-state index contributed by atoms with van der Waals surface area (Å²) in [4.78, 5) is 0. The summed E-state index contributed by atoms with van der Waals surface area (Å²) in [6.07, 6.45) is 4.09. The van der Waals surface area contributed by atoms with E-state index >= 15 is 0 Å². The first-order valence-corrected chi connectivity index (χ1v) is 4.16. The number of rotatable bonds is 5. The third-order valence-electron chi connectivity index (χ3n) is 1.39. The SMILES string of the molecule is C=CCC(CC(C)C)NS. The lowest BCUT2D eigenvalue weighted by Crippen LogP contribution is -2.21. The first-order chi connectivity index (χ1) is 4.70. The van der Waals surface area contributed by atoms with Gasteiger partial charge in [0.15, 0.2) is 0 Å². The molecule has 0 amide bonds. The molecule has 1 nitrogen and oxygen atoms in total. The number of hydrogen-bond acceptors (Lipinski definition) is 2. The smallest absolute Gasteiger partial charge is 0.0206 e. The fourth-order valence-electron chi connectivity index (χ4n) is 0.972. The Morgan fingerprint density at radius 1 is 1.60 bits per heavy atom. The van der Waals surface area contributed by atoms with E-state index in [2.05, 4.69) is 38.0 Å². The van der Waals surface area contributed by atoms with E-state index in [4.69, 9.17) is 0 Å². The van der Waals surface area contributed by atoms with Gasteiger partial charge in [-0.2, -0.15) is 0 Å². The van der Waals surface area contributed by atoms with Crippen molar-refractivity contribution < 1.29 is 0 Å². The largest absolute Gasteiger partial charge is 0.263 e. The molecule has 0 heterocycles. The van der Waals surface area contributed by atoms with Gasteiger partial charge in [-0.3, -0.25) is 4.72 Å². The summed E-state index contributed by atoms with van der Waals surface area (Å²) in [5.74, 6) is 0.726. The molecule has 0 fully saturated rings.